The van der Waals surface area contributed by atoms with Crippen LogP contribution in [-0.2, 0) is 6.54 Å². The molecule has 1 fully saturated rings. The Bertz CT molecular complexity index is 385. The first-order chi connectivity index (χ1) is 9.69. The average molecular weight is 281 g/mol. The van der Waals surface area contributed by atoms with Gasteiger partial charge in [0.25, 0.3) is 0 Å². The van der Waals surface area contributed by atoms with E-state index in [1.807, 2.05) is 7.05 Å². The van der Waals surface area contributed by atoms with Crippen molar-refractivity contribution in [3.8, 4) is 0 Å². The average Bonchev–Trinajstić information content (AvgIpc) is 2.87. The molecule has 0 bridgehead atoms. The van der Waals surface area contributed by atoms with E-state index < -0.39 is 0 Å². The van der Waals surface area contributed by atoms with Crippen molar-refractivity contribution in [3.05, 3.63) is 5.89 Å². The molecule has 1 aromatic heterocycles. The van der Waals surface area contributed by atoms with Crippen LogP contribution in [0.1, 0.15) is 39.0 Å². The maximum Gasteiger partial charge on any atom is 0.315 e. The number of nitrogens with zero attached hydrogens (tertiary/aromatic N) is 3. The van der Waals surface area contributed by atoms with Crippen LogP contribution >= 0.6 is 0 Å². The Labute approximate surface area is 121 Å². The highest BCUT2D eigenvalue weighted by Crippen LogP contribution is 2.21. The minimum absolute atomic E-state index is 0.537. The van der Waals surface area contributed by atoms with Gasteiger partial charge in [-0.05, 0) is 59.2 Å². The number of nitrogens with one attached hydrogen (secondary N) is 2. The molecule has 114 valence electrons. The van der Waals surface area contributed by atoms with E-state index in [4.69, 9.17) is 4.42 Å². The molecule has 0 aromatic carbocycles. The summed E-state index contributed by atoms with van der Waals surface area (Å²) in [6, 6.07) is 1.22. The Balaban J connectivity index is 1.63. The van der Waals surface area contributed by atoms with Gasteiger partial charge in [-0.15, -0.1) is 5.10 Å². The van der Waals surface area contributed by atoms with Crippen LogP contribution in [0.2, 0.25) is 0 Å². The van der Waals surface area contributed by atoms with Gasteiger partial charge in [0.05, 0.1) is 6.54 Å². The largest absolute Gasteiger partial charge is 0.407 e. The molecule has 0 saturated carbocycles. The lowest BCUT2D eigenvalue weighted by Gasteiger charge is -2.34. The van der Waals surface area contributed by atoms with E-state index in [2.05, 4.69) is 39.6 Å². The summed E-state index contributed by atoms with van der Waals surface area (Å²) in [7, 11) is 1.86. The third-order valence-electron chi connectivity index (χ3n) is 4.00. The highest BCUT2D eigenvalue weighted by Gasteiger charge is 2.20. The van der Waals surface area contributed by atoms with Gasteiger partial charge in [-0.1, -0.05) is 5.10 Å². The maximum atomic E-state index is 5.46. The maximum absolute atomic E-state index is 5.46. The van der Waals surface area contributed by atoms with E-state index in [9.17, 15) is 0 Å². The van der Waals surface area contributed by atoms with E-state index >= 15 is 0 Å². The van der Waals surface area contributed by atoms with Crippen molar-refractivity contribution < 1.29 is 4.42 Å². The summed E-state index contributed by atoms with van der Waals surface area (Å²) in [6.45, 7) is 8.54. The Morgan fingerprint density at radius 2 is 2.05 bits per heavy atom. The van der Waals surface area contributed by atoms with Crippen molar-refractivity contribution >= 4 is 6.01 Å². The molecule has 2 rings (SSSR count). The molecule has 0 aliphatic carbocycles. The van der Waals surface area contributed by atoms with Crippen molar-refractivity contribution in [3.63, 3.8) is 0 Å². The lowest BCUT2D eigenvalue weighted by Crippen LogP contribution is -2.38. The van der Waals surface area contributed by atoms with Gasteiger partial charge in [-0.2, -0.15) is 0 Å². The number of likely N-dealkylation sites (tertiary alicyclic amines) is 1. The van der Waals surface area contributed by atoms with Gasteiger partial charge >= 0.3 is 6.01 Å². The molecule has 1 saturated heterocycles. The summed E-state index contributed by atoms with van der Waals surface area (Å²) in [4.78, 5) is 2.56. The third kappa shape index (κ3) is 4.45. The normalized spacial score (nSPS) is 17.8. The molecule has 0 unspecified atom stereocenters. The minimum Gasteiger partial charge on any atom is -0.407 e. The van der Waals surface area contributed by atoms with E-state index in [0.717, 1.165) is 12.5 Å². The highest BCUT2D eigenvalue weighted by molar-refractivity contribution is 5.16. The first-order valence-electron chi connectivity index (χ1n) is 7.64. The Kier molecular flexibility index (Phi) is 5.79. The van der Waals surface area contributed by atoms with Crippen LogP contribution in [0.3, 0.4) is 0 Å². The van der Waals surface area contributed by atoms with Crippen LogP contribution < -0.4 is 10.6 Å². The summed E-state index contributed by atoms with van der Waals surface area (Å²) >= 11 is 0. The van der Waals surface area contributed by atoms with Crippen molar-refractivity contribution in [2.24, 2.45) is 5.92 Å². The van der Waals surface area contributed by atoms with Crippen LogP contribution in [0, 0.1) is 5.92 Å². The van der Waals surface area contributed by atoms with Crippen molar-refractivity contribution in [1.82, 2.24) is 20.4 Å². The first kappa shape index (κ1) is 15.3. The number of hydrogen-bond acceptors (Lipinski definition) is 6. The smallest absolute Gasteiger partial charge is 0.315 e. The quantitative estimate of drug-likeness (QED) is 0.793. The molecule has 6 nitrogen and oxygen atoms in total. The first-order valence-corrected chi connectivity index (χ1v) is 7.64. The Hall–Kier alpha value is -1.14. The fourth-order valence-electron chi connectivity index (χ4n) is 2.69. The summed E-state index contributed by atoms with van der Waals surface area (Å²) in [5, 5.41) is 14.1. The van der Waals surface area contributed by atoms with Gasteiger partial charge in [-0.25, -0.2) is 0 Å². The number of anilines is 1. The third-order valence-corrected chi connectivity index (χ3v) is 4.00. The zero-order valence-electron chi connectivity index (χ0n) is 12.9. The monoisotopic (exact) mass is 281 g/mol. The van der Waals surface area contributed by atoms with Gasteiger partial charge in [-0.3, -0.25) is 0 Å². The number of rotatable bonds is 7. The zero-order chi connectivity index (χ0) is 14.4. The van der Waals surface area contributed by atoms with E-state index in [0.29, 0.717) is 24.5 Å². The summed E-state index contributed by atoms with van der Waals surface area (Å²) in [5.74, 6) is 1.44. The van der Waals surface area contributed by atoms with E-state index in [-0.39, 0.29) is 0 Å². The van der Waals surface area contributed by atoms with Crippen LogP contribution in [0.4, 0.5) is 6.01 Å². The molecule has 2 N–H and O–H groups in total. The lowest BCUT2D eigenvalue weighted by atomic mass is 9.93. The second kappa shape index (κ2) is 7.59. The van der Waals surface area contributed by atoms with Gasteiger partial charge < -0.3 is 20.0 Å². The van der Waals surface area contributed by atoms with Crippen molar-refractivity contribution in [1.29, 1.82) is 0 Å². The topological polar surface area (TPSA) is 66.2 Å². The predicted molar refractivity (Wildman–Crippen MR) is 79.6 cm³/mol. The molecule has 0 spiro atoms. The van der Waals surface area contributed by atoms with Crippen LogP contribution in [0.15, 0.2) is 4.42 Å². The zero-order valence-corrected chi connectivity index (χ0v) is 12.9. The molecule has 0 amide bonds. The second-order valence-corrected chi connectivity index (χ2v) is 5.82. The number of piperidine rings is 1. The van der Waals surface area contributed by atoms with Crippen LogP contribution in [0.25, 0.3) is 0 Å². The standard InChI is InChI=1S/C14H27N5O/c1-11(2)19-8-5-12(6-9-19)4-7-16-14-18-17-13(20-14)10-15-3/h11-12,15H,4-10H2,1-3H3,(H,16,18). The van der Waals surface area contributed by atoms with Crippen molar-refractivity contribution in [2.45, 2.75) is 45.7 Å². The fraction of sp³-hybridized carbons (Fsp3) is 0.857. The summed E-state index contributed by atoms with van der Waals surface area (Å²) in [6.07, 6.45) is 3.78. The molecule has 1 aliphatic rings. The Morgan fingerprint density at radius 1 is 1.30 bits per heavy atom. The molecule has 0 radical (unpaired) electrons. The van der Waals surface area contributed by atoms with Crippen LogP contribution in [0.5, 0.6) is 0 Å². The lowest BCUT2D eigenvalue weighted by molar-refractivity contribution is 0.147. The van der Waals surface area contributed by atoms with Gasteiger partial charge in [0.15, 0.2) is 0 Å². The number of aromatic nitrogens is 2. The summed E-state index contributed by atoms with van der Waals surface area (Å²) in [5.41, 5.74) is 0. The van der Waals surface area contributed by atoms with Gasteiger partial charge in [0.2, 0.25) is 5.89 Å². The minimum atomic E-state index is 0.537. The highest BCUT2D eigenvalue weighted by atomic mass is 16.4. The molecule has 1 aliphatic heterocycles. The van der Waals surface area contributed by atoms with Crippen molar-refractivity contribution in [2.75, 3.05) is 32.0 Å². The predicted octanol–water partition coefficient (Wildman–Crippen LogP) is 1.71. The number of hydrogen-bond donors (Lipinski definition) is 2. The fourth-order valence-corrected chi connectivity index (χ4v) is 2.69. The molecular formula is C14H27N5O. The Morgan fingerprint density at radius 3 is 2.70 bits per heavy atom. The van der Waals surface area contributed by atoms with E-state index in [1.54, 1.807) is 0 Å². The molecule has 0 atom stereocenters. The molecular weight excluding hydrogens is 254 g/mol. The molecule has 1 aromatic rings. The SMILES string of the molecule is CNCc1nnc(NCCC2CCN(C(C)C)CC2)o1. The van der Waals surface area contributed by atoms with Crippen LogP contribution in [-0.4, -0.2) is 47.8 Å². The summed E-state index contributed by atoms with van der Waals surface area (Å²) < 4.78 is 5.46. The van der Waals surface area contributed by atoms with Gasteiger partial charge in [0.1, 0.15) is 0 Å². The van der Waals surface area contributed by atoms with Gasteiger partial charge in [0, 0.05) is 12.6 Å². The second-order valence-electron chi connectivity index (χ2n) is 5.82. The molecule has 6 heteroatoms. The van der Waals surface area contributed by atoms with E-state index in [1.165, 1.54) is 32.4 Å². The molecule has 2 heterocycles. The molecule has 20 heavy (non-hydrogen) atoms.